The SMILES string of the molecule is CC1(C)c2ccccc2-c2cc(-c3c4ccccc4c(-c4c5ccccc5c(-c5ccccc5)c5ccccc45)c4ccc(-c5ccc6ccccc6c5)cc34)ccc21. The fourth-order valence-electron chi connectivity index (χ4n) is 10.5. The zero-order chi connectivity index (χ0) is 39.2. The Kier molecular flexibility index (Phi) is 7.38. The van der Waals surface area contributed by atoms with E-state index in [1.807, 2.05) is 0 Å². The predicted octanol–water partition coefficient (Wildman–Crippen LogP) is 16.4. The zero-order valence-electron chi connectivity index (χ0n) is 33.1. The van der Waals surface area contributed by atoms with Gasteiger partial charge in [-0.3, -0.25) is 0 Å². The lowest BCUT2D eigenvalue weighted by Gasteiger charge is -2.23. The van der Waals surface area contributed by atoms with Gasteiger partial charge in [-0.25, -0.2) is 0 Å². The molecule has 0 spiro atoms. The summed E-state index contributed by atoms with van der Waals surface area (Å²) in [6, 6.07) is 77.1. The molecule has 0 heteroatoms. The van der Waals surface area contributed by atoms with Gasteiger partial charge in [-0.15, -0.1) is 0 Å². The van der Waals surface area contributed by atoms with Crippen LogP contribution in [0.1, 0.15) is 25.0 Å². The van der Waals surface area contributed by atoms with Crippen molar-refractivity contribution in [2.75, 3.05) is 0 Å². The molecule has 12 rings (SSSR count). The van der Waals surface area contributed by atoms with Crippen molar-refractivity contribution in [3.8, 4) is 55.6 Å². The molecule has 0 heterocycles. The molecule has 0 N–H and O–H groups in total. The third kappa shape index (κ3) is 5.03. The molecule has 276 valence electrons. The second-order valence-corrected chi connectivity index (χ2v) is 16.8. The second kappa shape index (κ2) is 12.9. The zero-order valence-corrected chi connectivity index (χ0v) is 33.1. The van der Waals surface area contributed by atoms with Crippen molar-refractivity contribution >= 4 is 53.9 Å². The number of fused-ring (bicyclic) bond motifs is 8. The highest BCUT2D eigenvalue weighted by Crippen LogP contribution is 2.53. The standard InChI is InChI=1S/C59H40/c1-59(2)53-27-15-14-20-43(53)51-36-42(31-33-54(51)59)56-46-23-10-13-26-49(46)58(50-32-30-41(35-52(50)56)40-29-28-37-16-6-7-19-39(37)34-40)57-47-24-11-8-21-44(47)55(38-17-4-3-5-18-38)45-22-9-12-25-48(45)57/h3-36H,1-2H3. The fraction of sp³-hybridized carbons (Fsp3) is 0.0508. The van der Waals surface area contributed by atoms with E-state index in [-0.39, 0.29) is 5.41 Å². The van der Waals surface area contributed by atoms with E-state index in [2.05, 4.69) is 220 Å². The van der Waals surface area contributed by atoms with Crippen LogP contribution in [0.25, 0.3) is 109 Å². The molecule has 0 aromatic heterocycles. The summed E-state index contributed by atoms with van der Waals surface area (Å²) in [6.45, 7) is 4.73. The minimum Gasteiger partial charge on any atom is -0.0622 e. The van der Waals surface area contributed by atoms with E-state index in [4.69, 9.17) is 0 Å². The van der Waals surface area contributed by atoms with Crippen LogP contribution in [0.4, 0.5) is 0 Å². The van der Waals surface area contributed by atoms with Gasteiger partial charge in [0, 0.05) is 5.41 Å². The maximum atomic E-state index is 2.48. The van der Waals surface area contributed by atoms with Crippen molar-refractivity contribution in [3.63, 3.8) is 0 Å². The highest BCUT2D eigenvalue weighted by atomic mass is 14.4. The molecule has 0 bridgehead atoms. The van der Waals surface area contributed by atoms with Gasteiger partial charge in [-0.05, 0) is 139 Å². The molecule has 11 aromatic carbocycles. The normalized spacial score (nSPS) is 13.1. The Bertz CT molecular complexity index is 3450. The summed E-state index contributed by atoms with van der Waals surface area (Å²) in [7, 11) is 0. The summed E-state index contributed by atoms with van der Waals surface area (Å²) in [4.78, 5) is 0. The molecule has 0 amide bonds. The number of benzene rings is 11. The van der Waals surface area contributed by atoms with E-state index in [0.717, 1.165) is 0 Å². The molecule has 0 aliphatic heterocycles. The van der Waals surface area contributed by atoms with Crippen LogP contribution < -0.4 is 0 Å². The van der Waals surface area contributed by atoms with Crippen molar-refractivity contribution < 1.29 is 0 Å². The van der Waals surface area contributed by atoms with Crippen molar-refractivity contribution in [1.29, 1.82) is 0 Å². The maximum absolute atomic E-state index is 2.48. The lowest BCUT2D eigenvalue weighted by Crippen LogP contribution is -2.14. The van der Waals surface area contributed by atoms with Gasteiger partial charge < -0.3 is 0 Å². The molecule has 0 fully saturated rings. The summed E-state index contributed by atoms with van der Waals surface area (Å²) in [5, 5.41) is 12.6. The van der Waals surface area contributed by atoms with E-state index in [1.54, 1.807) is 0 Å². The van der Waals surface area contributed by atoms with Crippen molar-refractivity contribution in [2.24, 2.45) is 0 Å². The van der Waals surface area contributed by atoms with Crippen LogP contribution in [0, 0.1) is 0 Å². The first-order valence-corrected chi connectivity index (χ1v) is 20.8. The van der Waals surface area contributed by atoms with Crippen LogP contribution >= 0.6 is 0 Å². The molecule has 1 aliphatic carbocycles. The Hall–Kier alpha value is -7.28. The van der Waals surface area contributed by atoms with Gasteiger partial charge >= 0.3 is 0 Å². The number of rotatable bonds is 4. The lowest BCUT2D eigenvalue weighted by molar-refractivity contribution is 0.660. The van der Waals surface area contributed by atoms with Crippen molar-refractivity contribution in [3.05, 3.63) is 217 Å². The van der Waals surface area contributed by atoms with E-state index < -0.39 is 0 Å². The summed E-state index contributed by atoms with van der Waals surface area (Å²) >= 11 is 0. The van der Waals surface area contributed by atoms with Crippen molar-refractivity contribution in [1.82, 2.24) is 0 Å². The Morgan fingerprint density at radius 2 is 0.712 bits per heavy atom. The second-order valence-electron chi connectivity index (χ2n) is 16.8. The van der Waals surface area contributed by atoms with Crippen LogP contribution in [-0.2, 0) is 5.41 Å². The van der Waals surface area contributed by atoms with E-state index in [9.17, 15) is 0 Å². The number of hydrogen-bond acceptors (Lipinski definition) is 0. The molecular weight excluding hydrogens is 709 g/mol. The maximum Gasteiger partial charge on any atom is 0.0158 e. The third-order valence-electron chi connectivity index (χ3n) is 13.2. The quantitative estimate of drug-likeness (QED) is 0.157. The predicted molar refractivity (Wildman–Crippen MR) is 253 cm³/mol. The molecule has 1 aliphatic rings. The molecule has 0 atom stereocenters. The Balaban J connectivity index is 1.23. The minimum atomic E-state index is -0.0598. The molecule has 11 aromatic rings. The van der Waals surface area contributed by atoms with Gasteiger partial charge in [0.05, 0.1) is 0 Å². The lowest BCUT2D eigenvalue weighted by atomic mass is 9.79. The average Bonchev–Trinajstić information content (AvgIpc) is 3.52. The van der Waals surface area contributed by atoms with E-state index in [0.29, 0.717) is 0 Å². The van der Waals surface area contributed by atoms with E-state index >= 15 is 0 Å². The molecule has 0 radical (unpaired) electrons. The molecule has 59 heavy (non-hydrogen) atoms. The monoisotopic (exact) mass is 748 g/mol. The van der Waals surface area contributed by atoms with Crippen LogP contribution in [0.5, 0.6) is 0 Å². The molecule has 0 saturated carbocycles. The Morgan fingerprint density at radius 3 is 1.37 bits per heavy atom. The Labute approximate surface area is 344 Å². The third-order valence-corrected chi connectivity index (χ3v) is 13.2. The minimum absolute atomic E-state index is 0.0598. The smallest absolute Gasteiger partial charge is 0.0158 e. The first-order valence-electron chi connectivity index (χ1n) is 20.8. The van der Waals surface area contributed by atoms with Gasteiger partial charge in [0.25, 0.3) is 0 Å². The average molecular weight is 749 g/mol. The highest BCUT2D eigenvalue weighted by Gasteiger charge is 2.35. The molecule has 0 saturated heterocycles. The highest BCUT2D eigenvalue weighted by molar-refractivity contribution is 6.30. The van der Waals surface area contributed by atoms with Gasteiger partial charge in [0.1, 0.15) is 0 Å². The van der Waals surface area contributed by atoms with Gasteiger partial charge in [-0.2, -0.15) is 0 Å². The van der Waals surface area contributed by atoms with Crippen LogP contribution in [0.3, 0.4) is 0 Å². The molecular formula is C59H40. The van der Waals surface area contributed by atoms with Gasteiger partial charge in [-0.1, -0.05) is 202 Å². The first kappa shape index (κ1) is 33.8. The van der Waals surface area contributed by atoms with Crippen LogP contribution in [0.2, 0.25) is 0 Å². The summed E-state index contributed by atoms with van der Waals surface area (Å²) < 4.78 is 0. The first-order chi connectivity index (χ1) is 29.0. The molecule has 0 unspecified atom stereocenters. The topological polar surface area (TPSA) is 0 Å². The van der Waals surface area contributed by atoms with E-state index in [1.165, 1.54) is 121 Å². The van der Waals surface area contributed by atoms with Crippen molar-refractivity contribution in [2.45, 2.75) is 19.3 Å². The summed E-state index contributed by atoms with van der Waals surface area (Å²) in [5.74, 6) is 0. The van der Waals surface area contributed by atoms with Crippen LogP contribution in [-0.4, -0.2) is 0 Å². The molecule has 0 nitrogen and oxygen atoms in total. The largest absolute Gasteiger partial charge is 0.0622 e. The number of hydrogen-bond donors (Lipinski definition) is 0. The van der Waals surface area contributed by atoms with Gasteiger partial charge in [0.2, 0.25) is 0 Å². The van der Waals surface area contributed by atoms with Crippen LogP contribution in [0.15, 0.2) is 206 Å². The summed E-state index contributed by atoms with van der Waals surface area (Å²) in [6.07, 6.45) is 0. The Morgan fingerprint density at radius 1 is 0.254 bits per heavy atom. The van der Waals surface area contributed by atoms with Gasteiger partial charge in [0.15, 0.2) is 0 Å². The fourth-order valence-corrected chi connectivity index (χ4v) is 10.5. The summed E-state index contributed by atoms with van der Waals surface area (Å²) in [5.41, 5.74) is 15.4.